The van der Waals surface area contributed by atoms with Crippen molar-refractivity contribution >= 4 is 11.9 Å². The molecule has 1 amide bonds. The van der Waals surface area contributed by atoms with E-state index >= 15 is 0 Å². The highest BCUT2D eigenvalue weighted by Crippen LogP contribution is 2.26. The van der Waals surface area contributed by atoms with Crippen molar-refractivity contribution < 1.29 is 4.79 Å². The number of amides is 1. The first kappa shape index (κ1) is 22.6. The molecule has 1 saturated heterocycles. The number of nitrogens with one attached hydrogen (secondary N) is 3. The van der Waals surface area contributed by atoms with E-state index in [1.807, 2.05) is 45.0 Å². The van der Waals surface area contributed by atoms with Crippen LogP contribution in [0.5, 0.6) is 0 Å². The van der Waals surface area contributed by atoms with E-state index in [-0.39, 0.29) is 11.4 Å². The van der Waals surface area contributed by atoms with Crippen LogP contribution in [-0.2, 0) is 6.54 Å². The van der Waals surface area contributed by atoms with Gasteiger partial charge in [0.1, 0.15) is 0 Å². The molecule has 2 aliphatic rings. The normalized spacial score (nSPS) is 21.1. The Labute approximate surface area is 181 Å². The van der Waals surface area contributed by atoms with E-state index in [1.165, 1.54) is 38.6 Å². The van der Waals surface area contributed by atoms with Crippen LogP contribution in [0.25, 0.3) is 0 Å². The second kappa shape index (κ2) is 10.3. The van der Waals surface area contributed by atoms with Crippen LogP contribution < -0.4 is 16.0 Å². The number of likely N-dealkylation sites (tertiary alicyclic amines) is 1. The van der Waals surface area contributed by atoms with Crippen molar-refractivity contribution in [3.63, 3.8) is 0 Å². The third-order valence-electron chi connectivity index (χ3n) is 5.84. The Kier molecular flexibility index (Phi) is 7.75. The Morgan fingerprint density at radius 1 is 1.20 bits per heavy atom. The molecule has 0 aromatic heterocycles. The van der Waals surface area contributed by atoms with Crippen molar-refractivity contribution in [2.45, 2.75) is 84.0 Å². The fraction of sp³-hybridized carbons (Fsp3) is 0.667. The molecule has 1 saturated carbocycles. The van der Waals surface area contributed by atoms with Crippen molar-refractivity contribution in [2.24, 2.45) is 4.99 Å². The average Bonchev–Trinajstić information content (AvgIpc) is 3.37. The quantitative estimate of drug-likeness (QED) is 0.494. The topological polar surface area (TPSA) is 68.8 Å². The second-order valence-electron chi connectivity index (χ2n) is 9.66. The lowest BCUT2D eigenvalue weighted by atomic mass is 10.1. The molecule has 0 bridgehead atoms. The van der Waals surface area contributed by atoms with Gasteiger partial charge in [0.15, 0.2) is 5.96 Å². The lowest BCUT2D eigenvalue weighted by Gasteiger charge is -2.24. The minimum atomic E-state index is -0.249. The monoisotopic (exact) mass is 413 g/mol. The molecule has 1 aromatic rings. The molecule has 1 aromatic carbocycles. The smallest absolute Gasteiger partial charge is 0.251 e. The number of nitrogens with zero attached hydrogens (tertiary/aromatic N) is 2. The molecular weight excluding hydrogens is 374 g/mol. The van der Waals surface area contributed by atoms with Gasteiger partial charge in [-0.1, -0.05) is 25.0 Å². The van der Waals surface area contributed by atoms with E-state index in [9.17, 15) is 4.79 Å². The molecule has 3 N–H and O–H groups in total. The predicted molar refractivity (Wildman–Crippen MR) is 124 cm³/mol. The third-order valence-corrected chi connectivity index (χ3v) is 5.84. The van der Waals surface area contributed by atoms with E-state index in [0.29, 0.717) is 18.2 Å². The van der Waals surface area contributed by atoms with Crippen molar-refractivity contribution in [2.75, 3.05) is 19.6 Å². The Morgan fingerprint density at radius 3 is 2.67 bits per heavy atom. The van der Waals surface area contributed by atoms with Crippen LogP contribution in [0.3, 0.4) is 0 Å². The molecule has 2 fully saturated rings. The highest BCUT2D eigenvalue weighted by Gasteiger charge is 2.30. The number of rotatable bonds is 6. The van der Waals surface area contributed by atoms with Crippen LogP contribution in [-0.4, -0.2) is 54.0 Å². The van der Waals surface area contributed by atoms with E-state index in [0.717, 1.165) is 30.7 Å². The second-order valence-corrected chi connectivity index (χ2v) is 9.66. The zero-order valence-corrected chi connectivity index (χ0v) is 19.1. The van der Waals surface area contributed by atoms with E-state index in [1.54, 1.807) is 0 Å². The molecule has 0 spiro atoms. The van der Waals surface area contributed by atoms with Crippen LogP contribution >= 0.6 is 0 Å². The van der Waals surface area contributed by atoms with Gasteiger partial charge in [-0.3, -0.25) is 9.69 Å². The van der Waals surface area contributed by atoms with Crippen LogP contribution in [0.15, 0.2) is 29.3 Å². The number of benzene rings is 1. The SMILES string of the molecule is CCNC(=NCc1cccc(C(=O)NC(C)(C)C)c1)NC1CCN(C2CCCC2)C1. The van der Waals surface area contributed by atoms with Crippen LogP contribution in [0.4, 0.5) is 0 Å². The Bertz CT molecular complexity index is 733. The van der Waals surface area contributed by atoms with Gasteiger partial charge in [-0.15, -0.1) is 0 Å². The molecule has 30 heavy (non-hydrogen) atoms. The zero-order valence-electron chi connectivity index (χ0n) is 19.1. The predicted octanol–water partition coefficient (Wildman–Crippen LogP) is 3.29. The molecule has 1 aliphatic carbocycles. The maximum absolute atomic E-state index is 12.4. The summed E-state index contributed by atoms with van der Waals surface area (Å²) in [5.74, 6) is 0.816. The first-order valence-corrected chi connectivity index (χ1v) is 11.5. The number of hydrogen-bond donors (Lipinski definition) is 3. The van der Waals surface area contributed by atoms with E-state index in [2.05, 4.69) is 27.8 Å². The number of carbonyl (C=O) groups excluding carboxylic acids is 1. The lowest BCUT2D eigenvalue weighted by molar-refractivity contribution is 0.0919. The molecule has 1 atom stereocenters. The summed E-state index contributed by atoms with van der Waals surface area (Å²) in [6.07, 6.45) is 6.66. The minimum Gasteiger partial charge on any atom is -0.357 e. The largest absolute Gasteiger partial charge is 0.357 e. The van der Waals surface area contributed by atoms with Gasteiger partial charge in [-0.05, 0) is 64.7 Å². The van der Waals surface area contributed by atoms with Gasteiger partial charge in [0.05, 0.1) is 6.54 Å². The standard InChI is InChI=1S/C24H39N5O/c1-5-25-23(27-20-13-14-29(17-20)21-11-6-7-12-21)26-16-18-9-8-10-19(15-18)22(30)28-24(2,3)4/h8-10,15,20-21H,5-7,11-14,16-17H2,1-4H3,(H,28,30)(H2,25,26,27). The maximum Gasteiger partial charge on any atom is 0.251 e. The number of aliphatic imine (C=N–C) groups is 1. The van der Waals surface area contributed by atoms with Crippen molar-refractivity contribution in [3.8, 4) is 0 Å². The van der Waals surface area contributed by atoms with Gasteiger partial charge in [-0.25, -0.2) is 4.99 Å². The zero-order chi connectivity index (χ0) is 21.6. The lowest BCUT2D eigenvalue weighted by Crippen LogP contribution is -2.45. The molecule has 1 aliphatic heterocycles. The number of guanidine groups is 1. The average molecular weight is 414 g/mol. The van der Waals surface area contributed by atoms with Crippen LogP contribution in [0.2, 0.25) is 0 Å². The summed E-state index contributed by atoms with van der Waals surface area (Å²) < 4.78 is 0. The Balaban J connectivity index is 1.58. The number of carbonyl (C=O) groups is 1. The Hall–Kier alpha value is -2.08. The summed E-state index contributed by atoms with van der Waals surface area (Å²) in [5, 5.41) is 10.0. The molecule has 166 valence electrons. The van der Waals surface area contributed by atoms with Gasteiger partial charge in [0, 0.05) is 42.8 Å². The van der Waals surface area contributed by atoms with Crippen LogP contribution in [0, 0.1) is 0 Å². The van der Waals surface area contributed by atoms with E-state index < -0.39 is 0 Å². The molecule has 1 heterocycles. The summed E-state index contributed by atoms with van der Waals surface area (Å²) in [6, 6.07) is 8.99. The van der Waals surface area contributed by atoms with Crippen molar-refractivity contribution in [3.05, 3.63) is 35.4 Å². The molecular formula is C24H39N5O. The summed E-state index contributed by atoms with van der Waals surface area (Å²) in [4.78, 5) is 19.9. The summed E-state index contributed by atoms with van der Waals surface area (Å²) >= 11 is 0. The molecule has 6 heteroatoms. The van der Waals surface area contributed by atoms with E-state index in [4.69, 9.17) is 4.99 Å². The van der Waals surface area contributed by atoms with Gasteiger partial charge in [-0.2, -0.15) is 0 Å². The van der Waals surface area contributed by atoms with Gasteiger partial charge in [0.25, 0.3) is 5.91 Å². The highest BCUT2D eigenvalue weighted by molar-refractivity contribution is 5.94. The molecule has 1 unspecified atom stereocenters. The summed E-state index contributed by atoms with van der Waals surface area (Å²) in [6.45, 7) is 11.7. The number of hydrogen-bond acceptors (Lipinski definition) is 3. The van der Waals surface area contributed by atoms with Crippen molar-refractivity contribution in [1.29, 1.82) is 0 Å². The third kappa shape index (κ3) is 6.73. The Morgan fingerprint density at radius 2 is 1.97 bits per heavy atom. The molecule has 6 nitrogen and oxygen atoms in total. The van der Waals surface area contributed by atoms with Gasteiger partial charge in [0.2, 0.25) is 0 Å². The summed E-state index contributed by atoms with van der Waals surface area (Å²) in [7, 11) is 0. The highest BCUT2D eigenvalue weighted by atomic mass is 16.1. The van der Waals surface area contributed by atoms with Crippen LogP contribution in [0.1, 0.15) is 75.7 Å². The first-order valence-electron chi connectivity index (χ1n) is 11.5. The van der Waals surface area contributed by atoms with Gasteiger partial charge >= 0.3 is 0 Å². The fourth-order valence-electron chi connectivity index (χ4n) is 4.41. The van der Waals surface area contributed by atoms with Crippen molar-refractivity contribution in [1.82, 2.24) is 20.9 Å². The molecule has 0 radical (unpaired) electrons. The molecule has 3 rings (SSSR count). The maximum atomic E-state index is 12.4. The summed E-state index contributed by atoms with van der Waals surface area (Å²) in [5.41, 5.74) is 1.47. The fourth-order valence-corrected chi connectivity index (χ4v) is 4.41. The first-order chi connectivity index (χ1) is 14.3. The van der Waals surface area contributed by atoms with Gasteiger partial charge < -0.3 is 16.0 Å². The minimum absolute atomic E-state index is 0.0451.